The number of hydrogen-bond donors (Lipinski definition) is 0. The topological polar surface area (TPSA) is 43.4 Å². The molecule has 3 heteroatoms. The summed E-state index contributed by atoms with van der Waals surface area (Å²) >= 11 is 0. The molecule has 0 bridgehead atoms. The normalized spacial score (nSPS) is 8.92. The van der Waals surface area contributed by atoms with Crippen molar-refractivity contribution in [2.24, 2.45) is 5.92 Å². The molecule has 0 rings (SSSR count). The van der Waals surface area contributed by atoms with Gasteiger partial charge < -0.3 is 4.74 Å². The molecule has 0 N–H and O–H groups in total. The van der Waals surface area contributed by atoms with E-state index >= 15 is 0 Å². The lowest BCUT2D eigenvalue weighted by Gasteiger charge is -1.96. The van der Waals surface area contributed by atoms with Crippen molar-refractivity contribution < 1.29 is 14.3 Å². The van der Waals surface area contributed by atoms with E-state index in [0.29, 0.717) is 12.3 Å². The minimum absolute atomic E-state index is 0.581. The first kappa shape index (κ1) is 11.7. The highest BCUT2D eigenvalue weighted by Gasteiger charge is 2.06. The molecule has 0 saturated carbocycles. The Morgan fingerprint density at radius 3 is 2.46 bits per heavy atom. The Hall–Kier alpha value is -1.30. The molecule has 3 nitrogen and oxygen atoms in total. The van der Waals surface area contributed by atoms with Gasteiger partial charge in [0, 0.05) is 13.3 Å². The minimum Gasteiger partial charge on any atom is -0.366 e. The molecule has 0 spiro atoms. The summed E-state index contributed by atoms with van der Waals surface area (Å²) in [7, 11) is 0. The minimum atomic E-state index is -0.892. The van der Waals surface area contributed by atoms with E-state index in [-0.39, 0.29) is 0 Å². The summed E-state index contributed by atoms with van der Waals surface area (Å²) in [5, 5.41) is 0. The Balaban J connectivity index is 3.62. The van der Waals surface area contributed by atoms with Gasteiger partial charge in [0.15, 0.2) is 0 Å². The van der Waals surface area contributed by atoms with Gasteiger partial charge in [-0.05, 0) is 12.3 Å². The molecule has 13 heavy (non-hydrogen) atoms. The Kier molecular flexibility index (Phi) is 5.62. The van der Waals surface area contributed by atoms with Crippen LogP contribution in [0.25, 0.3) is 0 Å². The maximum absolute atomic E-state index is 10.6. The molecule has 0 radical (unpaired) electrons. The number of ketones is 1. The van der Waals surface area contributed by atoms with Crippen LogP contribution in [-0.4, -0.2) is 11.8 Å². The molecule has 0 fully saturated rings. The Labute approximate surface area is 78.5 Å². The smallest absolute Gasteiger partial charge is 0.366 e. The van der Waals surface area contributed by atoms with E-state index in [9.17, 15) is 9.59 Å². The first-order chi connectivity index (χ1) is 6.04. The van der Waals surface area contributed by atoms with Crippen LogP contribution in [0.15, 0.2) is 0 Å². The van der Waals surface area contributed by atoms with E-state index in [1.54, 1.807) is 0 Å². The molecule has 72 valence electrons. The second kappa shape index (κ2) is 6.24. The summed E-state index contributed by atoms with van der Waals surface area (Å²) in [5.41, 5.74) is 0. The highest BCUT2D eigenvalue weighted by Crippen LogP contribution is 2.01. The summed E-state index contributed by atoms with van der Waals surface area (Å²) in [6.45, 7) is 5.32. The molecule has 0 aromatic carbocycles. The zero-order chi connectivity index (χ0) is 10.3. The summed E-state index contributed by atoms with van der Waals surface area (Å²) in [6.07, 6.45) is 3.85. The molecular weight excluding hydrogens is 168 g/mol. The summed E-state index contributed by atoms with van der Waals surface area (Å²) in [6, 6.07) is 0. The summed E-state index contributed by atoms with van der Waals surface area (Å²) in [5.74, 6) is 1.72. The van der Waals surface area contributed by atoms with E-state index < -0.39 is 11.8 Å². The maximum atomic E-state index is 10.6. The molecule has 0 aliphatic carbocycles. The molecule has 0 aliphatic heterocycles. The van der Waals surface area contributed by atoms with Gasteiger partial charge in [-0.2, -0.15) is 0 Å². The van der Waals surface area contributed by atoms with Crippen molar-refractivity contribution in [1.82, 2.24) is 0 Å². The van der Waals surface area contributed by atoms with E-state index in [4.69, 9.17) is 0 Å². The molecule has 0 amide bonds. The van der Waals surface area contributed by atoms with Gasteiger partial charge >= 0.3 is 5.97 Å². The maximum Gasteiger partial charge on any atom is 0.388 e. The molecular formula is C10H14O3. The van der Waals surface area contributed by atoms with E-state index in [1.807, 2.05) is 0 Å². The highest BCUT2D eigenvalue weighted by molar-refractivity contribution is 6.32. The van der Waals surface area contributed by atoms with Gasteiger partial charge in [-0.1, -0.05) is 19.8 Å². The fourth-order valence-corrected chi connectivity index (χ4v) is 0.566. The third-order valence-corrected chi connectivity index (χ3v) is 1.35. The first-order valence-electron chi connectivity index (χ1n) is 4.23. The monoisotopic (exact) mass is 182 g/mol. The van der Waals surface area contributed by atoms with Gasteiger partial charge in [-0.3, -0.25) is 4.79 Å². The average Bonchev–Trinajstić information content (AvgIpc) is 2.02. The van der Waals surface area contributed by atoms with E-state index in [2.05, 4.69) is 30.6 Å². The number of carbonyl (C=O) groups is 2. The molecule has 0 aliphatic rings. The van der Waals surface area contributed by atoms with Gasteiger partial charge in [-0.15, -0.1) is 0 Å². The molecule has 0 heterocycles. The third-order valence-electron chi connectivity index (χ3n) is 1.35. The standard InChI is InChI=1S/C10H14O3/c1-8(2)6-4-5-7-13-10(12)9(3)11/h8H,4,6H2,1-3H3. The number of ether oxygens (including phenoxy) is 1. The quantitative estimate of drug-likeness (QED) is 0.377. The fourth-order valence-electron chi connectivity index (χ4n) is 0.566. The molecule has 0 aromatic heterocycles. The third kappa shape index (κ3) is 7.07. The lowest BCUT2D eigenvalue weighted by Crippen LogP contribution is -2.10. The molecule has 0 atom stereocenters. The van der Waals surface area contributed by atoms with Gasteiger partial charge in [0.05, 0.1) is 0 Å². The fraction of sp³-hybridized carbons (Fsp3) is 0.600. The number of Topliss-reactive ketones (excluding diaryl/α,β-unsaturated/α-hetero) is 1. The summed E-state index contributed by atoms with van der Waals surface area (Å²) < 4.78 is 4.34. The van der Waals surface area contributed by atoms with Gasteiger partial charge in [0.1, 0.15) is 6.11 Å². The van der Waals surface area contributed by atoms with Crippen molar-refractivity contribution in [3.63, 3.8) is 0 Å². The van der Waals surface area contributed by atoms with Crippen LogP contribution in [-0.2, 0) is 14.3 Å². The lowest BCUT2D eigenvalue weighted by molar-refractivity contribution is -0.147. The predicted octanol–water partition coefficient (Wildman–Crippen LogP) is 1.52. The van der Waals surface area contributed by atoms with Crippen LogP contribution in [0.4, 0.5) is 0 Å². The van der Waals surface area contributed by atoms with Crippen LogP contribution < -0.4 is 0 Å². The SMILES string of the molecule is CC(=O)C(=O)OC#CCCC(C)C. The van der Waals surface area contributed by atoms with Crippen molar-refractivity contribution in [2.75, 3.05) is 0 Å². The van der Waals surface area contributed by atoms with Crippen LogP contribution in [0.1, 0.15) is 33.6 Å². The van der Waals surface area contributed by atoms with Crippen molar-refractivity contribution in [3.05, 3.63) is 0 Å². The van der Waals surface area contributed by atoms with Crippen LogP contribution in [0.3, 0.4) is 0 Å². The van der Waals surface area contributed by atoms with Crippen LogP contribution >= 0.6 is 0 Å². The van der Waals surface area contributed by atoms with Gasteiger partial charge in [0.2, 0.25) is 5.78 Å². The van der Waals surface area contributed by atoms with Crippen LogP contribution in [0.2, 0.25) is 0 Å². The zero-order valence-corrected chi connectivity index (χ0v) is 8.22. The number of rotatable bonds is 3. The second-order valence-electron chi connectivity index (χ2n) is 3.16. The Morgan fingerprint density at radius 1 is 1.38 bits per heavy atom. The van der Waals surface area contributed by atoms with E-state index in [1.165, 1.54) is 0 Å². The lowest BCUT2D eigenvalue weighted by atomic mass is 10.1. The van der Waals surface area contributed by atoms with E-state index in [0.717, 1.165) is 13.3 Å². The Morgan fingerprint density at radius 2 is 2.00 bits per heavy atom. The molecule has 0 unspecified atom stereocenters. The largest absolute Gasteiger partial charge is 0.388 e. The van der Waals surface area contributed by atoms with Crippen LogP contribution in [0.5, 0.6) is 0 Å². The Bertz CT molecular complexity index is 243. The number of hydrogen-bond acceptors (Lipinski definition) is 3. The van der Waals surface area contributed by atoms with Gasteiger partial charge in [0.25, 0.3) is 0 Å². The van der Waals surface area contributed by atoms with Crippen molar-refractivity contribution >= 4 is 11.8 Å². The first-order valence-corrected chi connectivity index (χ1v) is 4.23. The highest BCUT2D eigenvalue weighted by atomic mass is 16.5. The number of esters is 1. The van der Waals surface area contributed by atoms with Crippen LogP contribution in [0, 0.1) is 17.9 Å². The average molecular weight is 182 g/mol. The zero-order valence-electron chi connectivity index (χ0n) is 8.22. The van der Waals surface area contributed by atoms with Crippen molar-refractivity contribution in [2.45, 2.75) is 33.6 Å². The molecule has 0 saturated heterocycles. The molecule has 0 aromatic rings. The van der Waals surface area contributed by atoms with Crippen molar-refractivity contribution in [1.29, 1.82) is 0 Å². The second-order valence-corrected chi connectivity index (χ2v) is 3.16. The van der Waals surface area contributed by atoms with Crippen molar-refractivity contribution in [3.8, 4) is 12.0 Å². The predicted molar refractivity (Wildman–Crippen MR) is 48.6 cm³/mol. The van der Waals surface area contributed by atoms with Gasteiger partial charge in [-0.25, -0.2) is 4.79 Å². The number of carbonyl (C=O) groups excluding carboxylic acids is 2. The summed E-state index contributed by atoms with van der Waals surface area (Å²) in [4.78, 5) is 20.9.